The Morgan fingerprint density at radius 3 is 2.74 bits per heavy atom. The van der Waals surface area contributed by atoms with Gasteiger partial charge >= 0.3 is 0 Å². The molecule has 1 aromatic rings. The predicted molar refractivity (Wildman–Crippen MR) is 74.9 cm³/mol. The van der Waals surface area contributed by atoms with Crippen LogP contribution in [-0.4, -0.2) is 24.6 Å². The molecule has 1 aromatic carbocycles. The zero-order chi connectivity index (χ0) is 13.7. The number of nitrogens with two attached hydrogens (primary N) is 1. The minimum absolute atomic E-state index is 0.0466. The second-order valence-electron chi connectivity index (χ2n) is 5.33. The van der Waals surface area contributed by atoms with E-state index in [1.807, 2.05) is 37.3 Å². The van der Waals surface area contributed by atoms with Crippen molar-refractivity contribution in [2.45, 2.75) is 31.7 Å². The number of ether oxygens (including phenoxy) is 1. The van der Waals surface area contributed by atoms with Gasteiger partial charge < -0.3 is 15.8 Å². The fraction of sp³-hybridized carbons (Fsp3) is 0.533. The molecule has 104 valence electrons. The molecule has 0 spiro atoms. The number of rotatable bonds is 7. The minimum Gasteiger partial charge on any atom is -0.494 e. The Labute approximate surface area is 114 Å². The molecule has 1 unspecified atom stereocenters. The number of carbonyl (C=O) groups is 1. The van der Waals surface area contributed by atoms with Crippen molar-refractivity contribution >= 4 is 5.91 Å². The van der Waals surface area contributed by atoms with Gasteiger partial charge in [-0.25, -0.2) is 0 Å². The van der Waals surface area contributed by atoms with Crippen molar-refractivity contribution in [3.8, 4) is 5.75 Å². The lowest BCUT2D eigenvalue weighted by molar-refractivity contribution is -0.126. The Balaban J connectivity index is 1.60. The summed E-state index contributed by atoms with van der Waals surface area (Å²) in [6.07, 6.45) is 2.91. The fourth-order valence-corrected chi connectivity index (χ4v) is 2.04. The maximum atomic E-state index is 11.9. The van der Waals surface area contributed by atoms with Crippen LogP contribution in [0.4, 0.5) is 0 Å². The molecule has 1 amide bonds. The highest BCUT2D eigenvalue weighted by Gasteiger charge is 2.43. The highest BCUT2D eigenvalue weighted by molar-refractivity contribution is 5.86. The van der Waals surface area contributed by atoms with E-state index in [2.05, 4.69) is 5.32 Å². The van der Waals surface area contributed by atoms with Crippen molar-refractivity contribution in [2.75, 3.05) is 13.2 Å². The topological polar surface area (TPSA) is 64.4 Å². The molecule has 19 heavy (non-hydrogen) atoms. The Morgan fingerprint density at radius 1 is 1.42 bits per heavy atom. The van der Waals surface area contributed by atoms with Gasteiger partial charge in [-0.2, -0.15) is 0 Å². The average molecular weight is 262 g/mol. The van der Waals surface area contributed by atoms with Crippen LogP contribution in [0.5, 0.6) is 5.75 Å². The molecule has 3 N–H and O–H groups in total. The average Bonchev–Trinajstić information content (AvgIpc) is 3.24. The molecule has 1 fully saturated rings. The number of carbonyl (C=O) groups excluding carboxylic acids is 1. The number of nitrogens with one attached hydrogen (secondary N) is 1. The van der Waals surface area contributed by atoms with Crippen LogP contribution in [0.1, 0.15) is 26.2 Å². The van der Waals surface area contributed by atoms with Crippen molar-refractivity contribution in [3.63, 3.8) is 0 Å². The van der Waals surface area contributed by atoms with Gasteiger partial charge in [0.1, 0.15) is 5.75 Å². The van der Waals surface area contributed by atoms with Crippen LogP contribution in [0, 0.1) is 5.92 Å². The first-order valence-electron chi connectivity index (χ1n) is 6.86. The summed E-state index contributed by atoms with van der Waals surface area (Å²) in [5.74, 6) is 1.17. The third-order valence-corrected chi connectivity index (χ3v) is 3.53. The Hall–Kier alpha value is -1.55. The lowest BCUT2D eigenvalue weighted by Gasteiger charge is -2.23. The smallest absolute Gasteiger partial charge is 0.240 e. The largest absolute Gasteiger partial charge is 0.494 e. The summed E-state index contributed by atoms with van der Waals surface area (Å²) in [7, 11) is 0. The molecule has 0 bridgehead atoms. The highest BCUT2D eigenvalue weighted by Crippen LogP contribution is 2.38. The summed E-state index contributed by atoms with van der Waals surface area (Å²) in [5.41, 5.74) is 5.32. The summed E-state index contributed by atoms with van der Waals surface area (Å²) >= 11 is 0. The van der Waals surface area contributed by atoms with E-state index in [1.165, 1.54) is 0 Å². The number of para-hydroxylation sites is 1. The van der Waals surface area contributed by atoms with Crippen LogP contribution in [0.25, 0.3) is 0 Å². The Morgan fingerprint density at radius 2 is 2.11 bits per heavy atom. The van der Waals surface area contributed by atoms with Crippen LogP contribution >= 0.6 is 0 Å². The first kappa shape index (κ1) is 13.9. The summed E-state index contributed by atoms with van der Waals surface area (Å²) in [6, 6.07) is 9.66. The van der Waals surface area contributed by atoms with Gasteiger partial charge in [-0.15, -0.1) is 0 Å². The Bertz CT molecular complexity index is 413. The van der Waals surface area contributed by atoms with Crippen LogP contribution < -0.4 is 15.8 Å². The van der Waals surface area contributed by atoms with Crippen LogP contribution in [-0.2, 0) is 4.79 Å². The lowest BCUT2D eigenvalue weighted by Crippen LogP contribution is -2.53. The van der Waals surface area contributed by atoms with Gasteiger partial charge in [0.25, 0.3) is 0 Å². The van der Waals surface area contributed by atoms with E-state index in [-0.39, 0.29) is 5.91 Å². The van der Waals surface area contributed by atoms with Crippen LogP contribution in [0.2, 0.25) is 0 Å². The SMILES string of the molecule is CC(N)(C(=O)NCCCOc1ccccc1)C1CC1. The van der Waals surface area contributed by atoms with E-state index >= 15 is 0 Å². The molecular formula is C15H22N2O2. The number of amides is 1. The normalized spacial score (nSPS) is 17.6. The van der Waals surface area contributed by atoms with Crippen molar-refractivity contribution < 1.29 is 9.53 Å². The molecule has 0 aromatic heterocycles. The van der Waals surface area contributed by atoms with E-state index in [0.29, 0.717) is 19.1 Å². The predicted octanol–water partition coefficient (Wildman–Crippen LogP) is 1.70. The fourth-order valence-electron chi connectivity index (χ4n) is 2.04. The number of hydrogen-bond donors (Lipinski definition) is 2. The first-order chi connectivity index (χ1) is 9.10. The Kier molecular flexibility index (Phi) is 4.43. The summed E-state index contributed by atoms with van der Waals surface area (Å²) in [4.78, 5) is 11.9. The number of benzene rings is 1. The third-order valence-electron chi connectivity index (χ3n) is 3.53. The molecular weight excluding hydrogens is 240 g/mol. The van der Waals surface area contributed by atoms with Crippen molar-refractivity contribution in [1.82, 2.24) is 5.32 Å². The van der Waals surface area contributed by atoms with E-state index < -0.39 is 5.54 Å². The number of hydrogen-bond acceptors (Lipinski definition) is 3. The molecule has 4 nitrogen and oxygen atoms in total. The van der Waals surface area contributed by atoms with Crippen LogP contribution in [0.15, 0.2) is 30.3 Å². The monoisotopic (exact) mass is 262 g/mol. The van der Waals surface area contributed by atoms with Gasteiger partial charge in [0.2, 0.25) is 5.91 Å². The zero-order valence-corrected chi connectivity index (χ0v) is 11.4. The molecule has 0 radical (unpaired) electrons. The van der Waals surface area contributed by atoms with E-state index in [4.69, 9.17) is 10.5 Å². The quantitative estimate of drug-likeness (QED) is 0.735. The van der Waals surface area contributed by atoms with Gasteiger partial charge in [-0.05, 0) is 44.2 Å². The molecule has 4 heteroatoms. The van der Waals surface area contributed by atoms with Gasteiger partial charge in [0.15, 0.2) is 0 Å². The van der Waals surface area contributed by atoms with Crippen molar-refractivity contribution in [3.05, 3.63) is 30.3 Å². The third kappa shape index (κ3) is 3.96. The van der Waals surface area contributed by atoms with Gasteiger partial charge in [0.05, 0.1) is 12.1 Å². The maximum absolute atomic E-state index is 11.9. The molecule has 1 aliphatic rings. The minimum atomic E-state index is -0.708. The zero-order valence-electron chi connectivity index (χ0n) is 11.4. The molecule has 0 saturated heterocycles. The first-order valence-corrected chi connectivity index (χ1v) is 6.86. The van der Waals surface area contributed by atoms with E-state index in [9.17, 15) is 4.79 Å². The molecule has 1 saturated carbocycles. The summed E-state index contributed by atoms with van der Waals surface area (Å²) in [6.45, 7) is 3.01. The van der Waals surface area contributed by atoms with Crippen LogP contribution in [0.3, 0.4) is 0 Å². The summed E-state index contributed by atoms with van der Waals surface area (Å²) in [5, 5.41) is 2.89. The van der Waals surface area contributed by atoms with Gasteiger partial charge in [-0.3, -0.25) is 4.79 Å². The van der Waals surface area contributed by atoms with Crippen molar-refractivity contribution in [2.24, 2.45) is 11.7 Å². The molecule has 1 aliphatic carbocycles. The molecule has 1 atom stereocenters. The van der Waals surface area contributed by atoms with Crippen molar-refractivity contribution in [1.29, 1.82) is 0 Å². The standard InChI is InChI=1S/C15H22N2O2/c1-15(16,12-8-9-12)14(18)17-10-5-11-19-13-6-3-2-4-7-13/h2-4,6-7,12H,5,8-11,16H2,1H3,(H,17,18). The molecule has 0 heterocycles. The van der Waals surface area contributed by atoms with Gasteiger partial charge in [-0.1, -0.05) is 18.2 Å². The lowest BCUT2D eigenvalue weighted by atomic mass is 9.96. The molecule has 2 rings (SSSR count). The van der Waals surface area contributed by atoms with E-state index in [0.717, 1.165) is 25.0 Å². The maximum Gasteiger partial charge on any atom is 0.240 e. The molecule has 0 aliphatic heterocycles. The second kappa shape index (κ2) is 6.06. The second-order valence-corrected chi connectivity index (χ2v) is 5.33. The van der Waals surface area contributed by atoms with E-state index in [1.54, 1.807) is 0 Å². The highest BCUT2D eigenvalue weighted by atomic mass is 16.5. The summed E-state index contributed by atoms with van der Waals surface area (Å²) < 4.78 is 5.55. The van der Waals surface area contributed by atoms with Gasteiger partial charge in [0, 0.05) is 6.54 Å².